The Balaban J connectivity index is 2.03. The van der Waals surface area contributed by atoms with Crippen molar-refractivity contribution in [3.05, 3.63) is 29.8 Å². The Morgan fingerprint density at radius 3 is 2.96 bits per heavy atom. The topological polar surface area (TPSA) is 114 Å². The summed E-state index contributed by atoms with van der Waals surface area (Å²) in [5.74, 6) is -0.459. The van der Waals surface area contributed by atoms with Gasteiger partial charge in [0.2, 0.25) is 17.7 Å². The second kappa shape index (κ2) is 8.30. The first-order valence-corrected chi connectivity index (χ1v) is 7.69. The molecule has 1 saturated heterocycles. The summed E-state index contributed by atoms with van der Waals surface area (Å²) in [6.45, 7) is 1.46. The van der Waals surface area contributed by atoms with Crippen LogP contribution in [0.15, 0.2) is 24.3 Å². The molecule has 24 heavy (non-hydrogen) atoms. The lowest BCUT2D eigenvalue weighted by Gasteiger charge is -2.34. The standard InChI is InChI=1S/C16H22N4O4/c1-24-12-4-2-3-11(7-12)10-20-6-5-18-16(23)13(20)8-15(22)19-9-14(17)21/h2-4,7,13H,5-6,8-10H2,1H3,(H2,17,21)(H,18,23)(H,19,22). The molecule has 2 rings (SSSR count). The Morgan fingerprint density at radius 2 is 2.25 bits per heavy atom. The van der Waals surface area contributed by atoms with Crippen LogP contribution in [0.1, 0.15) is 12.0 Å². The van der Waals surface area contributed by atoms with Gasteiger partial charge in [0.05, 0.1) is 26.1 Å². The summed E-state index contributed by atoms with van der Waals surface area (Å²) < 4.78 is 5.21. The van der Waals surface area contributed by atoms with Crippen molar-refractivity contribution in [3.8, 4) is 5.75 Å². The van der Waals surface area contributed by atoms with Crippen LogP contribution in [0.3, 0.4) is 0 Å². The van der Waals surface area contributed by atoms with Gasteiger partial charge in [-0.1, -0.05) is 12.1 Å². The van der Waals surface area contributed by atoms with E-state index in [9.17, 15) is 14.4 Å². The largest absolute Gasteiger partial charge is 0.497 e. The summed E-state index contributed by atoms with van der Waals surface area (Å²) in [5.41, 5.74) is 6.00. The number of methoxy groups -OCH3 is 1. The minimum Gasteiger partial charge on any atom is -0.497 e. The van der Waals surface area contributed by atoms with E-state index < -0.39 is 11.9 Å². The first-order valence-electron chi connectivity index (χ1n) is 7.69. The zero-order chi connectivity index (χ0) is 17.5. The highest BCUT2D eigenvalue weighted by Gasteiger charge is 2.31. The van der Waals surface area contributed by atoms with Crippen LogP contribution in [-0.4, -0.2) is 55.4 Å². The molecule has 1 aromatic carbocycles. The van der Waals surface area contributed by atoms with Gasteiger partial charge in [0.25, 0.3) is 0 Å². The molecule has 0 saturated carbocycles. The average molecular weight is 334 g/mol. The third-order valence-electron chi connectivity index (χ3n) is 3.80. The van der Waals surface area contributed by atoms with Crippen molar-refractivity contribution in [2.75, 3.05) is 26.7 Å². The second-order valence-electron chi connectivity index (χ2n) is 5.58. The van der Waals surface area contributed by atoms with Crippen molar-refractivity contribution in [2.45, 2.75) is 19.0 Å². The van der Waals surface area contributed by atoms with Gasteiger partial charge >= 0.3 is 0 Å². The quantitative estimate of drug-likeness (QED) is 0.591. The van der Waals surface area contributed by atoms with E-state index in [0.29, 0.717) is 19.6 Å². The number of nitrogens with one attached hydrogen (secondary N) is 2. The van der Waals surface area contributed by atoms with Crippen molar-refractivity contribution in [1.82, 2.24) is 15.5 Å². The molecule has 1 aromatic rings. The molecule has 1 aliphatic rings. The zero-order valence-electron chi connectivity index (χ0n) is 13.6. The van der Waals surface area contributed by atoms with Crippen LogP contribution in [0.5, 0.6) is 5.75 Å². The lowest BCUT2D eigenvalue weighted by Crippen LogP contribution is -2.56. The molecule has 130 valence electrons. The molecule has 1 unspecified atom stereocenters. The Hall–Kier alpha value is -2.61. The van der Waals surface area contributed by atoms with E-state index in [1.54, 1.807) is 7.11 Å². The summed E-state index contributed by atoms with van der Waals surface area (Å²) >= 11 is 0. The van der Waals surface area contributed by atoms with Crippen LogP contribution in [0.4, 0.5) is 0 Å². The SMILES string of the molecule is COc1cccc(CN2CCNC(=O)C2CC(=O)NCC(N)=O)c1. The number of hydrogen-bond donors (Lipinski definition) is 3. The van der Waals surface area contributed by atoms with Crippen LogP contribution in [0, 0.1) is 0 Å². The van der Waals surface area contributed by atoms with Crippen LogP contribution >= 0.6 is 0 Å². The fourth-order valence-electron chi connectivity index (χ4n) is 2.61. The van der Waals surface area contributed by atoms with E-state index in [1.165, 1.54) is 0 Å². The van der Waals surface area contributed by atoms with E-state index in [4.69, 9.17) is 10.5 Å². The normalized spacial score (nSPS) is 17.9. The van der Waals surface area contributed by atoms with Crippen LogP contribution in [0.2, 0.25) is 0 Å². The number of nitrogens with zero attached hydrogens (tertiary/aromatic N) is 1. The van der Waals surface area contributed by atoms with Crippen molar-refractivity contribution in [3.63, 3.8) is 0 Å². The summed E-state index contributed by atoms with van der Waals surface area (Å²) in [7, 11) is 1.60. The summed E-state index contributed by atoms with van der Waals surface area (Å²) in [6.07, 6.45) is -0.0247. The second-order valence-corrected chi connectivity index (χ2v) is 5.58. The highest BCUT2D eigenvalue weighted by molar-refractivity contribution is 5.90. The average Bonchev–Trinajstić information content (AvgIpc) is 2.56. The molecule has 0 radical (unpaired) electrons. The van der Waals surface area contributed by atoms with Crippen LogP contribution in [-0.2, 0) is 20.9 Å². The molecule has 0 aromatic heterocycles. The van der Waals surface area contributed by atoms with Gasteiger partial charge in [0.1, 0.15) is 5.75 Å². The maximum Gasteiger partial charge on any atom is 0.237 e. The molecule has 8 heteroatoms. The number of piperazine rings is 1. The maximum absolute atomic E-state index is 12.1. The molecule has 0 aliphatic carbocycles. The first-order chi connectivity index (χ1) is 11.5. The molecule has 8 nitrogen and oxygen atoms in total. The summed E-state index contributed by atoms with van der Waals surface area (Å²) in [4.78, 5) is 36.7. The zero-order valence-corrected chi connectivity index (χ0v) is 13.6. The summed E-state index contributed by atoms with van der Waals surface area (Å²) in [5, 5.41) is 5.18. The smallest absolute Gasteiger partial charge is 0.237 e. The molecule has 1 heterocycles. The molecule has 1 atom stereocenters. The molecule has 1 fully saturated rings. The third kappa shape index (κ3) is 4.95. The highest BCUT2D eigenvalue weighted by Crippen LogP contribution is 2.17. The van der Waals surface area contributed by atoms with Gasteiger partial charge in [-0.2, -0.15) is 0 Å². The molecular weight excluding hydrogens is 312 g/mol. The molecule has 1 aliphatic heterocycles. The maximum atomic E-state index is 12.1. The van der Waals surface area contributed by atoms with Gasteiger partial charge in [-0.15, -0.1) is 0 Å². The molecule has 0 spiro atoms. The van der Waals surface area contributed by atoms with Crippen molar-refractivity contribution in [2.24, 2.45) is 5.73 Å². The monoisotopic (exact) mass is 334 g/mol. The van der Waals surface area contributed by atoms with Crippen molar-refractivity contribution >= 4 is 17.7 Å². The number of hydrogen-bond acceptors (Lipinski definition) is 5. The van der Waals surface area contributed by atoms with E-state index in [0.717, 1.165) is 11.3 Å². The lowest BCUT2D eigenvalue weighted by molar-refractivity contribution is -0.134. The third-order valence-corrected chi connectivity index (χ3v) is 3.80. The Kier molecular flexibility index (Phi) is 6.14. The number of benzene rings is 1. The molecule has 0 bridgehead atoms. The van der Waals surface area contributed by atoms with E-state index in [1.807, 2.05) is 29.2 Å². The lowest BCUT2D eigenvalue weighted by atomic mass is 10.1. The number of rotatable bonds is 7. The van der Waals surface area contributed by atoms with Crippen LogP contribution in [0.25, 0.3) is 0 Å². The predicted molar refractivity (Wildman–Crippen MR) is 87.0 cm³/mol. The van der Waals surface area contributed by atoms with Crippen molar-refractivity contribution in [1.29, 1.82) is 0 Å². The number of primary amides is 1. The molecule has 4 N–H and O–H groups in total. The van der Waals surface area contributed by atoms with Gasteiger partial charge in [-0.05, 0) is 17.7 Å². The van der Waals surface area contributed by atoms with Crippen LogP contribution < -0.4 is 21.1 Å². The number of amides is 3. The Bertz CT molecular complexity index is 620. The van der Waals surface area contributed by atoms with E-state index >= 15 is 0 Å². The van der Waals surface area contributed by atoms with Gasteiger partial charge in [0, 0.05) is 19.6 Å². The fourth-order valence-corrected chi connectivity index (χ4v) is 2.61. The van der Waals surface area contributed by atoms with Gasteiger partial charge < -0.3 is 21.1 Å². The Morgan fingerprint density at radius 1 is 1.46 bits per heavy atom. The van der Waals surface area contributed by atoms with Crippen molar-refractivity contribution < 1.29 is 19.1 Å². The number of ether oxygens (including phenoxy) is 1. The fraction of sp³-hybridized carbons (Fsp3) is 0.438. The first kappa shape index (κ1) is 17.7. The number of nitrogens with two attached hydrogens (primary N) is 1. The summed E-state index contributed by atoms with van der Waals surface area (Å²) in [6, 6.07) is 6.99. The Labute approximate surface area is 140 Å². The minimum absolute atomic E-state index is 0.0247. The van der Waals surface area contributed by atoms with E-state index in [-0.39, 0.29) is 24.8 Å². The number of carbonyl (C=O) groups excluding carboxylic acids is 3. The number of carbonyl (C=O) groups is 3. The molecule has 3 amide bonds. The molecular formula is C16H22N4O4. The van der Waals surface area contributed by atoms with Gasteiger partial charge in [-0.25, -0.2) is 0 Å². The van der Waals surface area contributed by atoms with Gasteiger partial charge in [-0.3, -0.25) is 19.3 Å². The highest BCUT2D eigenvalue weighted by atomic mass is 16.5. The minimum atomic E-state index is -0.621. The predicted octanol–water partition coefficient (Wildman–Crippen LogP) is -1.01. The van der Waals surface area contributed by atoms with E-state index in [2.05, 4.69) is 10.6 Å². The van der Waals surface area contributed by atoms with Gasteiger partial charge in [0.15, 0.2) is 0 Å².